The minimum Gasteiger partial charge on any atom is -0.245 e. The van der Waals surface area contributed by atoms with E-state index in [2.05, 4.69) is 20.9 Å². The average Bonchev–Trinajstić information content (AvgIpc) is 2.44. The second-order valence-electron chi connectivity index (χ2n) is 4.11. The highest BCUT2D eigenvalue weighted by Gasteiger charge is 2.12. The Morgan fingerprint density at radius 2 is 1.68 bits per heavy atom. The molecule has 4 heteroatoms. The van der Waals surface area contributed by atoms with Gasteiger partial charge in [0.1, 0.15) is 5.52 Å². The second kappa shape index (κ2) is 4.70. The molecule has 0 aliphatic rings. The summed E-state index contributed by atoms with van der Waals surface area (Å²) in [6.45, 7) is 0. The second-order valence-corrected chi connectivity index (χ2v) is 4.97. The number of nitrogens with zero attached hydrogens (tertiary/aromatic N) is 1. The van der Waals surface area contributed by atoms with Crippen LogP contribution in [0.3, 0.4) is 0 Å². The molecule has 0 unspecified atom stereocenters. The molecule has 0 fully saturated rings. The van der Waals surface area contributed by atoms with Crippen LogP contribution in [0, 0.1) is 11.6 Å². The van der Waals surface area contributed by atoms with Gasteiger partial charge in [0, 0.05) is 15.4 Å². The van der Waals surface area contributed by atoms with Crippen LogP contribution in [0.4, 0.5) is 8.78 Å². The van der Waals surface area contributed by atoms with E-state index in [-0.39, 0.29) is 5.52 Å². The molecule has 0 amide bonds. The largest absolute Gasteiger partial charge is 0.245 e. The zero-order chi connectivity index (χ0) is 13.4. The molecule has 0 atom stereocenters. The van der Waals surface area contributed by atoms with Crippen molar-refractivity contribution in [2.24, 2.45) is 0 Å². The van der Waals surface area contributed by atoms with E-state index in [9.17, 15) is 8.78 Å². The van der Waals surface area contributed by atoms with Gasteiger partial charge in [-0.2, -0.15) is 0 Å². The molecule has 0 aliphatic heterocycles. The number of hydrogen-bond donors (Lipinski definition) is 0. The highest BCUT2D eigenvalue weighted by atomic mass is 79.9. The van der Waals surface area contributed by atoms with Crippen LogP contribution in [0.15, 0.2) is 53.0 Å². The van der Waals surface area contributed by atoms with Crippen LogP contribution in [-0.2, 0) is 0 Å². The number of halogens is 3. The third-order valence-electron chi connectivity index (χ3n) is 2.89. The van der Waals surface area contributed by atoms with Crippen molar-refractivity contribution in [3.8, 4) is 11.3 Å². The Balaban J connectivity index is 2.32. The predicted octanol–water partition coefficient (Wildman–Crippen LogP) is 4.94. The lowest BCUT2D eigenvalue weighted by Crippen LogP contribution is -1.93. The molecule has 0 aliphatic carbocycles. The summed E-state index contributed by atoms with van der Waals surface area (Å²) in [5.41, 5.74) is 1.49. The molecule has 0 saturated heterocycles. The average molecular weight is 320 g/mol. The van der Waals surface area contributed by atoms with Crippen LogP contribution < -0.4 is 0 Å². The zero-order valence-electron chi connectivity index (χ0n) is 9.70. The van der Waals surface area contributed by atoms with Crippen LogP contribution in [0.5, 0.6) is 0 Å². The summed E-state index contributed by atoms with van der Waals surface area (Å²) < 4.78 is 27.8. The van der Waals surface area contributed by atoms with E-state index < -0.39 is 11.6 Å². The van der Waals surface area contributed by atoms with Crippen molar-refractivity contribution in [2.75, 3.05) is 0 Å². The normalized spacial score (nSPS) is 10.9. The van der Waals surface area contributed by atoms with E-state index in [4.69, 9.17) is 0 Å². The maximum Gasteiger partial charge on any atom is 0.185 e. The van der Waals surface area contributed by atoms with Gasteiger partial charge in [0.25, 0.3) is 0 Å². The van der Waals surface area contributed by atoms with Gasteiger partial charge in [-0.15, -0.1) is 0 Å². The maximum absolute atomic E-state index is 13.8. The molecule has 1 aromatic heterocycles. The van der Waals surface area contributed by atoms with Crippen molar-refractivity contribution in [1.29, 1.82) is 0 Å². The van der Waals surface area contributed by atoms with Gasteiger partial charge in [-0.05, 0) is 18.2 Å². The van der Waals surface area contributed by atoms with Crippen LogP contribution in [-0.4, -0.2) is 4.98 Å². The lowest BCUT2D eigenvalue weighted by molar-refractivity contribution is 0.515. The van der Waals surface area contributed by atoms with Crippen LogP contribution in [0.2, 0.25) is 0 Å². The molecule has 0 saturated carbocycles. The van der Waals surface area contributed by atoms with Crippen LogP contribution in [0.1, 0.15) is 0 Å². The first-order valence-electron chi connectivity index (χ1n) is 5.66. The SMILES string of the molecule is Fc1ccc2c(Br)cc(-c3ccccc3)nc2c1F. The number of benzene rings is 2. The molecule has 2 aromatic carbocycles. The van der Waals surface area contributed by atoms with Gasteiger partial charge >= 0.3 is 0 Å². The van der Waals surface area contributed by atoms with Crippen LogP contribution in [0.25, 0.3) is 22.2 Å². The quantitative estimate of drug-likeness (QED) is 0.619. The highest BCUT2D eigenvalue weighted by molar-refractivity contribution is 9.10. The van der Waals surface area contributed by atoms with Crippen molar-refractivity contribution < 1.29 is 8.78 Å². The van der Waals surface area contributed by atoms with E-state index in [1.165, 1.54) is 6.07 Å². The molecule has 19 heavy (non-hydrogen) atoms. The lowest BCUT2D eigenvalue weighted by Gasteiger charge is -2.07. The maximum atomic E-state index is 13.8. The van der Waals surface area contributed by atoms with Crippen molar-refractivity contribution in [3.63, 3.8) is 0 Å². The molecule has 0 spiro atoms. The minimum absolute atomic E-state index is 0.0354. The fourth-order valence-corrected chi connectivity index (χ4v) is 2.49. The fraction of sp³-hybridized carbons (Fsp3) is 0. The summed E-state index contributed by atoms with van der Waals surface area (Å²) in [4.78, 5) is 4.22. The smallest absolute Gasteiger partial charge is 0.185 e. The number of pyridine rings is 1. The Labute approximate surface area is 117 Å². The molecular formula is C15H8BrF2N. The Hall–Kier alpha value is -1.81. The number of rotatable bonds is 1. The minimum atomic E-state index is -0.920. The fourth-order valence-electron chi connectivity index (χ4n) is 1.95. The van der Waals surface area contributed by atoms with Gasteiger partial charge in [-0.3, -0.25) is 0 Å². The van der Waals surface area contributed by atoms with E-state index >= 15 is 0 Å². The summed E-state index contributed by atoms with van der Waals surface area (Å²) in [5, 5.41) is 0.554. The van der Waals surface area contributed by atoms with Crippen molar-refractivity contribution in [1.82, 2.24) is 4.98 Å². The van der Waals surface area contributed by atoms with Gasteiger partial charge in [-0.1, -0.05) is 46.3 Å². The molecule has 0 bridgehead atoms. The van der Waals surface area contributed by atoms with E-state index in [0.29, 0.717) is 15.6 Å². The standard InChI is InChI=1S/C15H8BrF2N/c16-11-8-13(9-4-2-1-3-5-9)19-15-10(11)6-7-12(17)14(15)18/h1-8H. The molecule has 0 N–H and O–H groups in total. The van der Waals surface area contributed by atoms with Gasteiger partial charge in [0.2, 0.25) is 0 Å². The molecule has 1 nitrogen and oxygen atoms in total. The first-order chi connectivity index (χ1) is 9.16. The predicted molar refractivity (Wildman–Crippen MR) is 74.8 cm³/mol. The van der Waals surface area contributed by atoms with Gasteiger partial charge in [0.05, 0.1) is 5.69 Å². The third-order valence-corrected chi connectivity index (χ3v) is 3.55. The monoisotopic (exact) mass is 319 g/mol. The van der Waals surface area contributed by atoms with Crippen LogP contribution >= 0.6 is 15.9 Å². The van der Waals surface area contributed by atoms with Gasteiger partial charge in [-0.25, -0.2) is 13.8 Å². The van der Waals surface area contributed by atoms with Gasteiger partial charge in [0.15, 0.2) is 11.6 Å². The molecule has 3 aromatic rings. The molecule has 1 heterocycles. The van der Waals surface area contributed by atoms with Crippen molar-refractivity contribution in [2.45, 2.75) is 0 Å². The Morgan fingerprint density at radius 3 is 2.42 bits per heavy atom. The molecule has 3 rings (SSSR count). The first kappa shape index (κ1) is 12.2. The summed E-state index contributed by atoms with van der Waals surface area (Å²) in [6.07, 6.45) is 0. The Bertz CT molecular complexity index is 757. The van der Waals surface area contributed by atoms with Crippen molar-refractivity contribution >= 4 is 26.8 Å². The lowest BCUT2D eigenvalue weighted by atomic mass is 10.1. The van der Waals surface area contributed by atoms with Crippen molar-refractivity contribution in [3.05, 3.63) is 64.6 Å². The first-order valence-corrected chi connectivity index (χ1v) is 6.46. The molecule has 0 radical (unpaired) electrons. The van der Waals surface area contributed by atoms with E-state index in [1.54, 1.807) is 6.07 Å². The number of hydrogen-bond acceptors (Lipinski definition) is 1. The van der Waals surface area contributed by atoms with Gasteiger partial charge < -0.3 is 0 Å². The Kier molecular flexibility index (Phi) is 3.03. The van der Waals surface area contributed by atoms with E-state index in [1.807, 2.05) is 30.3 Å². The summed E-state index contributed by atoms with van der Waals surface area (Å²) in [5.74, 6) is -1.81. The molecule has 94 valence electrons. The zero-order valence-corrected chi connectivity index (χ0v) is 11.3. The Morgan fingerprint density at radius 1 is 0.947 bits per heavy atom. The topological polar surface area (TPSA) is 12.9 Å². The summed E-state index contributed by atoms with van der Waals surface area (Å²) >= 11 is 3.37. The molecular weight excluding hydrogens is 312 g/mol. The highest BCUT2D eigenvalue weighted by Crippen LogP contribution is 2.30. The number of fused-ring (bicyclic) bond motifs is 1. The summed E-state index contributed by atoms with van der Waals surface area (Å²) in [7, 11) is 0. The summed E-state index contributed by atoms with van der Waals surface area (Å²) in [6, 6.07) is 13.8. The third kappa shape index (κ3) is 2.12. The van der Waals surface area contributed by atoms with E-state index in [0.717, 1.165) is 11.6 Å². The number of aromatic nitrogens is 1.